The molecule has 1 aliphatic rings. The van der Waals surface area contributed by atoms with Gasteiger partial charge in [-0.05, 0) is 35.2 Å². The Morgan fingerprint density at radius 2 is 2.18 bits per heavy atom. The van der Waals surface area contributed by atoms with Gasteiger partial charge in [0, 0.05) is 12.7 Å². The van der Waals surface area contributed by atoms with Gasteiger partial charge in [0.05, 0.1) is 27.9 Å². The maximum Gasteiger partial charge on any atom is 0.325 e. The number of halogens is 1. The van der Waals surface area contributed by atoms with Crippen LogP contribution in [-0.2, 0) is 16.1 Å². The zero-order valence-electron chi connectivity index (χ0n) is 14.8. The third-order valence-electron chi connectivity index (χ3n) is 4.24. The molecule has 3 heterocycles. The summed E-state index contributed by atoms with van der Waals surface area (Å²) in [6, 6.07) is 7.08. The third kappa shape index (κ3) is 3.61. The van der Waals surface area contributed by atoms with Crippen LogP contribution in [0.3, 0.4) is 0 Å². The van der Waals surface area contributed by atoms with Crippen molar-refractivity contribution in [3.8, 4) is 11.5 Å². The summed E-state index contributed by atoms with van der Waals surface area (Å²) < 4.78 is 16.3. The number of carbonyl (C=O) groups excluding carboxylic acids is 2. The fraction of sp³-hybridized carbons (Fsp3) is 0.211. The predicted octanol–water partition coefficient (Wildman–Crippen LogP) is 3.49. The molecule has 1 amide bonds. The van der Waals surface area contributed by atoms with E-state index < -0.39 is 5.97 Å². The molecule has 28 heavy (non-hydrogen) atoms. The highest BCUT2D eigenvalue weighted by atomic mass is 35.5. The molecule has 2 aromatic heterocycles. The lowest BCUT2D eigenvalue weighted by Crippen LogP contribution is -2.35. The highest BCUT2D eigenvalue weighted by molar-refractivity contribution is 7.17. The van der Waals surface area contributed by atoms with Crippen LogP contribution >= 0.6 is 22.9 Å². The Kier molecular flexibility index (Phi) is 5.06. The minimum absolute atomic E-state index is 0.0931. The molecular formula is C19H15ClN2O5S. The fourth-order valence-electron chi connectivity index (χ4n) is 2.90. The number of esters is 1. The van der Waals surface area contributed by atoms with Gasteiger partial charge in [0.1, 0.15) is 6.54 Å². The molecule has 0 radical (unpaired) electrons. The molecule has 3 aromatic rings. The van der Waals surface area contributed by atoms with Crippen molar-refractivity contribution in [2.45, 2.75) is 6.54 Å². The minimum Gasteiger partial charge on any atom is -0.468 e. The molecular weight excluding hydrogens is 404 g/mol. The van der Waals surface area contributed by atoms with Crippen LogP contribution in [-0.4, -0.2) is 42.2 Å². The SMILES string of the molecule is COC(=O)CN(Cc1cc(Cl)c2c(c1)OCO2)C(=O)c1cnc2ccsc2c1. The maximum atomic E-state index is 13.1. The lowest BCUT2D eigenvalue weighted by molar-refractivity contribution is -0.141. The summed E-state index contributed by atoms with van der Waals surface area (Å²) in [5.41, 5.74) is 1.92. The van der Waals surface area contributed by atoms with E-state index in [0.29, 0.717) is 27.6 Å². The predicted molar refractivity (Wildman–Crippen MR) is 104 cm³/mol. The molecule has 0 saturated carbocycles. The summed E-state index contributed by atoms with van der Waals surface area (Å²) in [4.78, 5) is 30.6. The Balaban J connectivity index is 1.64. The van der Waals surface area contributed by atoms with Gasteiger partial charge in [-0.3, -0.25) is 14.6 Å². The number of pyridine rings is 1. The molecule has 1 aromatic carbocycles. The number of hydrogen-bond acceptors (Lipinski definition) is 7. The summed E-state index contributed by atoms with van der Waals surface area (Å²) in [5, 5.41) is 2.30. The van der Waals surface area contributed by atoms with E-state index in [0.717, 1.165) is 10.2 Å². The van der Waals surface area contributed by atoms with Crippen molar-refractivity contribution in [1.82, 2.24) is 9.88 Å². The number of aromatic nitrogens is 1. The number of fused-ring (bicyclic) bond motifs is 2. The van der Waals surface area contributed by atoms with E-state index in [4.69, 9.17) is 25.8 Å². The van der Waals surface area contributed by atoms with Gasteiger partial charge in [-0.15, -0.1) is 11.3 Å². The molecule has 7 nitrogen and oxygen atoms in total. The average Bonchev–Trinajstić information content (AvgIpc) is 3.35. The lowest BCUT2D eigenvalue weighted by atomic mass is 10.1. The van der Waals surface area contributed by atoms with E-state index in [-0.39, 0.29) is 25.8 Å². The molecule has 1 aliphatic heterocycles. The Morgan fingerprint density at radius 3 is 3.00 bits per heavy atom. The van der Waals surface area contributed by atoms with Crippen molar-refractivity contribution in [3.63, 3.8) is 0 Å². The molecule has 0 N–H and O–H groups in total. The highest BCUT2D eigenvalue weighted by Gasteiger charge is 2.23. The smallest absolute Gasteiger partial charge is 0.325 e. The number of ether oxygens (including phenoxy) is 3. The van der Waals surface area contributed by atoms with Gasteiger partial charge >= 0.3 is 5.97 Å². The Hall–Kier alpha value is -2.84. The van der Waals surface area contributed by atoms with E-state index in [1.165, 1.54) is 29.5 Å². The normalized spacial score (nSPS) is 12.2. The van der Waals surface area contributed by atoms with Crippen LogP contribution in [0.5, 0.6) is 11.5 Å². The van der Waals surface area contributed by atoms with Crippen molar-refractivity contribution in [2.75, 3.05) is 20.4 Å². The van der Waals surface area contributed by atoms with Crippen LogP contribution in [0.2, 0.25) is 5.02 Å². The first-order chi connectivity index (χ1) is 13.5. The second-order valence-electron chi connectivity index (χ2n) is 6.08. The van der Waals surface area contributed by atoms with E-state index >= 15 is 0 Å². The first-order valence-electron chi connectivity index (χ1n) is 8.32. The Labute approximate surface area is 169 Å². The largest absolute Gasteiger partial charge is 0.468 e. The van der Waals surface area contributed by atoms with Crippen LogP contribution < -0.4 is 9.47 Å². The van der Waals surface area contributed by atoms with Crippen molar-refractivity contribution < 1.29 is 23.8 Å². The van der Waals surface area contributed by atoms with Gasteiger partial charge in [-0.2, -0.15) is 0 Å². The first-order valence-corrected chi connectivity index (χ1v) is 9.58. The number of nitrogens with zero attached hydrogens (tertiary/aromatic N) is 2. The number of rotatable bonds is 5. The number of carbonyl (C=O) groups is 2. The van der Waals surface area contributed by atoms with Crippen LogP contribution in [0.15, 0.2) is 35.8 Å². The average molecular weight is 419 g/mol. The molecule has 144 valence electrons. The van der Waals surface area contributed by atoms with E-state index in [2.05, 4.69) is 4.98 Å². The number of thiophene rings is 1. The number of benzene rings is 1. The molecule has 0 saturated heterocycles. The lowest BCUT2D eigenvalue weighted by Gasteiger charge is -2.22. The molecule has 0 atom stereocenters. The van der Waals surface area contributed by atoms with Gasteiger partial charge in [0.25, 0.3) is 5.91 Å². The molecule has 0 unspecified atom stereocenters. The Bertz CT molecular complexity index is 1070. The summed E-state index contributed by atoms with van der Waals surface area (Å²) in [7, 11) is 1.28. The van der Waals surface area contributed by atoms with Crippen molar-refractivity contribution >= 4 is 45.0 Å². The standard InChI is InChI=1S/C19H15ClN2O5S/c1-25-17(23)9-22(8-11-4-13(20)18-15(5-11)26-10-27-18)19(24)12-6-16-14(21-7-12)2-3-28-16/h2-7H,8-10H2,1H3. The van der Waals surface area contributed by atoms with Crippen LogP contribution in [0.4, 0.5) is 0 Å². The summed E-state index contributed by atoms with van der Waals surface area (Å²) >= 11 is 7.73. The summed E-state index contributed by atoms with van der Waals surface area (Å²) in [6.45, 7) is 0.0342. The maximum absolute atomic E-state index is 13.1. The van der Waals surface area contributed by atoms with Gasteiger partial charge in [0.15, 0.2) is 11.5 Å². The van der Waals surface area contributed by atoms with Gasteiger partial charge in [-0.25, -0.2) is 0 Å². The second-order valence-corrected chi connectivity index (χ2v) is 7.43. The molecule has 4 rings (SSSR count). The van der Waals surface area contributed by atoms with E-state index in [9.17, 15) is 9.59 Å². The summed E-state index contributed by atoms with van der Waals surface area (Å²) in [6.07, 6.45) is 1.51. The topological polar surface area (TPSA) is 78.0 Å². The molecule has 9 heteroatoms. The third-order valence-corrected chi connectivity index (χ3v) is 5.38. The Morgan fingerprint density at radius 1 is 1.32 bits per heavy atom. The molecule has 0 aliphatic carbocycles. The first kappa shape index (κ1) is 18.5. The molecule has 0 bridgehead atoms. The number of methoxy groups -OCH3 is 1. The van der Waals surface area contributed by atoms with Crippen molar-refractivity contribution in [1.29, 1.82) is 0 Å². The van der Waals surface area contributed by atoms with Crippen molar-refractivity contribution in [2.24, 2.45) is 0 Å². The monoisotopic (exact) mass is 418 g/mol. The van der Waals surface area contributed by atoms with Gasteiger partial charge in [-0.1, -0.05) is 11.6 Å². The number of hydrogen-bond donors (Lipinski definition) is 0. The second kappa shape index (κ2) is 7.65. The van der Waals surface area contributed by atoms with Crippen LogP contribution in [0, 0.1) is 0 Å². The van der Waals surface area contributed by atoms with Crippen molar-refractivity contribution in [3.05, 3.63) is 52.0 Å². The number of amides is 1. The fourth-order valence-corrected chi connectivity index (χ4v) is 3.97. The quantitative estimate of drug-likeness (QED) is 0.590. The van der Waals surface area contributed by atoms with Crippen LogP contribution in [0.25, 0.3) is 10.2 Å². The zero-order valence-corrected chi connectivity index (χ0v) is 16.4. The van der Waals surface area contributed by atoms with Gasteiger partial charge in [0.2, 0.25) is 6.79 Å². The van der Waals surface area contributed by atoms with Crippen LogP contribution in [0.1, 0.15) is 15.9 Å². The van der Waals surface area contributed by atoms with Gasteiger partial charge < -0.3 is 19.1 Å². The van der Waals surface area contributed by atoms with E-state index in [1.807, 2.05) is 11.4 Å². The molecule has 0 fully saturated rings. The molecule has 0 spiro atoms. The minimum atomic E-state index is -0.523. The van der Waals surface area contributed by atoms with E-state index in [1.54, 1.807) is 18.2 Å². The zero-order chi connectivity index (χ0) is 19.7. The summed E-state index contributed by atoms with van der Waals surface area (Å²) in [5.74, 6) is 0.130. The highest BCUT2D eigenvalue weighted by Crippen LogP contribution is 2.40.